The largest absolute Gasteiger partial charge is 0.320 e. The van der Waals surface area contributed by atoms with Gasteiger partial charge in [0.05, 0.1) is 6.04 Å². The molecule has 0 radical (unpaired) electrons. The van der Waals surface area contributed by atoms with E-state index in [-0.39, 0.29) is 6.04 Å². The van der Waals surface area contributed by atoms with Crippen molar-refractivity contribution in [1.82, 2.24) is 0 Å². The molecule has 0 bridgehead atoms. The minimum atomic E-state index is -0.101. The van der Waals surface area contributed by atoms with Gasteiger partial charge in [-0.2, -0.15) is 0 Å². The highest BCUT2D eigenvalue weighted by Crippen LogP contribution is 2.26. The van der Waals surface area contributed by atoms with Crippen molar-refractivity contribution in [3.05, 3.63) is 80.7 Å². The molecular weight excluding hydrogens is 378 g/mol. The van der Waals surface area contributed by atoms with Gasteiger partial charge in [-0.25, -0.2) is 0 Å². The van der Waals surface area contributed by atoms with E-state index in [1.54, 1.807) is 0 Å². The molecule has 0 saturated heterocycles. The molecule has 2 N–H and O–H groups in total. The van der Waals surface area contributed by atoms with Crippen molar-refractivity contribution in [2.24, 2.45) is 5.73 Å². The normalized spacial score (nSPS) is 12.6. The van der Waals surface area contributed by atoms with E-state index in [0.717, 1.165) is 20.1 Å². The van der Waals surface area contributed by atoms with E-state index >= 15 is 0 Å². The van der Waals surface area contributed by atoms with Crippen LogP contribution in [0.25, 0.3) is 10.8 Å². The Morgan fingerprint density at radius 2 is 1.20 bits per heavy atom. The van der Waals surface area contributed by atoms with Crippen LogP contribution in [0, 0.1) is 0 Å². The molecule has 100 valence electrons. The van der Waals surface area contributed by atoms with E-state index in [1.165, 1.54) is 10.8 Å². The minimum absolute atomic E-state index is 0.101. The lowest BCUT2D eigenvalue weighted by atomic mass is 9.97. The lowest BCUT2D eigenvalue weighted by Crippen LogP contribution is -2.11. The molecule has 0 amide bonds. The first-order valence-electron chi connectivity index (χ1n) is 6.34. The summed E-state index contributed by atoms with van der Waals surface area (Å²) < 4.78 is 2.16. The first-order chi connectivity index (χ1) is 9.63. The van der Waals surface area contributed by atoms with Crippen LogP contribution in [-0.2, 0) is 0 Å². The molecule has 1 atom stereocenters. The number of benzene rings is 3. The highest BCUT2D eigenvalue weighted by atomic mass is 79.9. The van der Waals surface area contributed by atoms with Crippen molar-refractivity contribution in [1.29, 1.82) is 0 Å². The SMILES string of the molecule is NC(c1ccc(Br)cc1)c1ccc2cc(Br)ccc2c1. The second-order valence-corrected chi connectivity index (χ2v) is 6.61. The Bertz CT molecular complexity index is 751. The zero-order valence-corrected chi connectivity index (χ0v) is 13.9. The van der Waals surface area contributed by atoms with Gasteiger partial charge >= 0.3 is 0 Å². The van der Waals surface area contributed by atoms with Crippen LogP contribution in [0.15, 0.2) is 69.6 Å². The van der Waals surface area contributed by atoms with Gasteiger partial charge in [-0.1, -0.05) is 62.2 Å². The average molecular weight is 391 g/mol. The van der Waals surface area contributed by atoms with Gasteiger partial charge in [0.2, 0.25) is 0 Å². The van der Waals surface area contributed by atoms with Crippen molar-refractivity contribution in [2.45, 2.75) is 6.04 Å². The second-order valence-electron chi connectivity index (χ2n) is 4.78. The lowest BCUT2D eigenvalue weighted by Gasteiger charge is -2.13. The van der Waals surface area contributed by atoms with Gasteiger partial charge in [-0.15, -0.1) is 0 Å². The number of nitrogens with two attached hydrogens (primary N) is 1. The van der Waals surface area contributed by atoms with Crippen LogP contribution < -0.4 is 5.73 Å². The Hall–Kier alpha value is -1.16. The summed E-state index contributed by atoms with van der Waals surface area (Å²) in [5.41, 5.74) is 8.61. The number of hydrogen-bond acceptors (Lipinski definition) is 1. The van der Waals surface area contributed by atoms with Crippen molar-refractivity contribution in [2.75, 3.05) is 0 Å². The average Bonchev–Trinajstić information content (AvgIpc) is 2.47. The van der Waals surface area contributed by atoms with Gasteiger partial charge in [-0.05, 0) is 52.2 Å². The van der Waals surface area contributed by atoms with Crippen LogP contribution in [0.2, 0.25) is 0 Å². The highest BCUT2D eigenvalue weighted by Gasteiger charge is 2.09. The Labute approximate surface area is 135 Å². The molecule has 0 saturated carbocycles. The molecule has 3 rings (SSSR count). The summed E-state index contributed by atoms with van der Waals surface area (Å²) in [5.74, 6) is 0. The van der Waals surface area contributed by atoms with E-state index < -0.39 is 0 Å². The molecule has 0 heterocycles. The van der Waals surface area contributed by atoms with Gasteiger partial charge in [0.15, 0.2) is 0 Å². The third kappa shape index (κ3) is 2.80. The standard InChI is InChI=1S/C17H13Br2N/c18-15-6-3-11(4-7-15)17(20)14-2-1-13-10-16(19)8-5-12(13)9-14/h1-10,17H,20H2. The molecule has 3 aromatic rings. The number of fused-ring (bicyclic) bond motifs is 1. The fourth-order valence-electron chi connectivity index (χ4n) is 2.29. The zero-order valence-electron chi connectivity index (χ0n) is 10.7. The van der Waals surface area contributed by atoms with Crippen molar-refractivity contribution < 1.29 is 0 Å². The van der Waals surface area contributed by atoms with Crippen molar-refractivity contribution in [3.63, 3.8) is 0 Å². The fourth-order valence-corrected chi connectivity index (χ4v) is 2.93. The topological polar surface area (TPSA) is 26.0 Å². The van der Waals surface area contributed by atoms with Crippen LogP contribution in [0.3, 0.4) is 0 Å². The molecule has 0 fully saturated rings. The molecular formula is C17H13Br2N. The van der Waals surface area contributed by atoms with Gasteiger partial charge < -0.3 is 5.73 Å². The van der Waals surface area contributed by atoms with E-state index in [4.69, 9.17) is 5.73 Å². The van der Waals surface area contributed by atoms with Gasteiger partial charge in [0.25, 0.3) is 0 Å². The van der Waals surface area contributed by atoms with Crippen LogP contribution in [0.1, 0.15) is 17.2 Å². The Balaban J connectivity index is 2.01. The first kappa shape index (κ1) is 13.8. The number of rotatable bonds is 2. The second kappa shape index (κ2) is 5.68. The highest BCUT2D eigenvalue weighted by molar-refractivity contribution is 9.10. The predicted molar refractivity (Wildman–Crippen MR) is 91.8 cm³/mol. The van der Waals surface area contributed by atoms with Gasteiger partial charge in [0, 0.05) is 8.95 Å². The summed E-state index contributed by atoms with van der Waals surface area (Å²) in [7, 11) is 0. The third-order valence-electron chi connectivity index (χ3n) is 3.41. The Morgan fingerprint density at radius 3 is 1.95 bits per heavy atom. The van der Waals surface area contributed by atoms with Gasteiger partial charge in [-0.3, -0.25) is 0 Å². The van der Waals surface area contributed by atoms with E-state index in [0.29, 0.717) is 0 Å². The molecule has 0 aliphatic heterocycles. The fraction of sp³-hybridized carbons (Fsp3) is 0.0588. The molecule has 1 nitrogen and oxygen atoms in total. The van der Waals surface area contributed by atoms with E-state index in [9.17, 15) is 0 Å². The maximum atomic E-state index is 6.36. The predicted octanol–water partition coefficient (Wildman–Crippen LogP) is 5.41. The molecule has 0 spiro atoms. The van der Waals surface area contributed by atoms with Gasteiger partial charge in [0.1, 0.15) is 0 Å². The smallest absolute Gasteiger partial charge is 0.0551 e. The quantitative estimate of drug-likeness (QED) is 0.621. The number of hydrogen-bond donors (Lipinski definition) is 1. The van der Waals surface area contributed by atoms with Crippen LogP contribution in [0.4, 0.5) is 0 Å². The summed E-state index contributed by atoms with van der Waals surface area (Å²) in [6.07, 6.45) is 0. The minimum Gasteiger partial charge on any atom is -0.320 e. The summed E-state index contributed by atoms with van der Waals surface area (Å²) in [6.45, 7) is 0. The maximum absolute atomic E-state index is 6.36. The molecule has 1 unspecified atom stereocenters. The summed E-state index contributed by atoms with van der Waals surface area (Å²) in [5, 5.41) is 2.42. The summed E-state index contributed by atoms with van der Waals surface area (Å²) >= 11 is 6.94. The maximum Gasteiger partial charge on any atom is 0.0551 e. The van der Waals surface area contributed by atoms with E-state index in [1.807, 2.05) is 12.1 Å². The van der Waals surface area contributed by atoms with Crippen molar-refractivity contribution >= 4 is 42.6 Å². The first-order valence-corrected chi connectivity index (χ1v) is 7.92. The van der Waals surface area contributed by atoms with Crippen LogP contribution >= 0.6 is 31.9 Å². The lowest BCUT2D eigenvalue weighted by molar-refractivity contribution is 0.873. The molecule has 0 aliphatic rings. The summed E-state index contributed by atoms with van der Waals surface area (Å²) in [4.78, 5) is 0. The molecule has 0 aliphatic carbocycles. The summed E-state index contributed by atoms with van der Waals surface area (Å²) in [6, 6.07) is 20.7. The Morgan fingerprint density at radius 1 is 0.650 bits per heavy atom. The molecule has 0 aromatic heterocycles. The zero-order chi connectivity index (χ0) is 14.1. The molecule has 20 heavy (non-hydrogen) atoms. The van der Waals surface area contributed by atoms with Crippen molar-refractivity contribution in [3.8, 4) is 0 Å². The third-order valence-corrected chi connectivity index (χ3v) is 4.44. The Kier molecular flexibility index (Phi) is 3.92. The van der Waals surface area contributed by atoms with Crippen LogP contribution in [-0.4, -0.2) is 0 Å². The van der Waals surface area contributed by atoms with E-state index in [2.05, 4.69) is 80.4 Å². The monoisotopic (exact) mass is 389 g/mol. The van der Waals surface area contributed by atoms with Crippen LogP contribution in [0.5, 0.6) is 0 Å². The molecule has 3 aromatic carbocycles. The molecule has 3 heteroatoms. The number of halogens is 2.